The van der Waals surface area contributed by atoms with Crippen LogP contribution in [0.15, 0.2) is 83.7 Å². The lowest BCUT2D eigenvalue weighted by molar-refractivity contribution is -0.0188. The molecule has 1 aliphatic heterocycles. The molecule has 3 aromatic carbocycles. The molecule has 1 aromatic heterocycles. The Labute approximate surface area is 208 Å². The molecule has 0 spiro atoms. The normalized spacial score (nSPS) is 21.4. The van der Waals surface area contributed by atoms with E-state index in [1.807, 2.05) is 54.6 Å². The third kappa shape index (κ3) is 4.77. The Morgan fingerprint density at radius 1 is 0.971 bits per heavy atom. The van der Waals surface area contributed by atoms with Gasteiger partial charge in [-0.05, 0) is 78.7 Å². The second-order valence-corrected chi connectivity index (χ2v) is 10.0. The summed E-state index contributed by atoms with van der Waals surface area (Å²) in [6.45, 7) is 0.662. The second-order valence-electron chi connectivity index (χ2n) is 9.17. The Kier molecular flexibility index (Phi) is 6.50. The molecule has 6 heteroatoms. The first-order valence-corrected chi connectivity index (χ1v) is 12.2. The molecule has 0 radical (unpaired) electrons. The van der Waals surface area contributed by atoms with Crippen LogP contribution < -0.4 is 10.9 Å². The molecule has 1 saturated heterocycles. The van der Waals surface area contributed by atoms with Crippen molar-refractivity contribution in [1.29, 1.82) is 0 Å². The maximum Gasteiger partial charge on any atom is 0.252 e. The number of aromatic nitrogens is 1. The van der Waals surface area contributed by atoms with Crippen LogP contribution in [0.3, 0.4) is 0 Å². The summed E-state index contributed by atoms with van der Waals surface area (Å²) in [5.41, 5.74) is 2.00. The first-order chi connectivity index (χ1) is 16.4. The minimum absolute atomic E-state index is 0.0879. The summed E-state index contributed by atoms with van der Waals surface area (Å²) in [5.74, 6) is -0.516. The Bertz CT molecular complexity index is 1350. The van der Waals surface area contributed by atoms with Crippen molar-refractivity contribution in [3.63, 3.8) is 0 Å². The molecule has 3 atom stereocenters. The van der Waals surface area contributed by atoms with Gasteiger partial charge in [0.25, 0.3) is 5.56 Å². The highest BCUT2D eigenvalue weighted by atomic mass is 35.5. The minimum atomic E-state index is -1.11. The number of halogens is 2. The van der Waals surface area contributed by atoms with Crippen molar-refractivity contribution in [2.75, 3.05) is 6.54 Å². The fourth-order valence-corrected chi connectivity index (χ4v) is 5.55. The Morgan fingerprint density at radius 2 is 1.71 bits per heavy atom. The van der Waals surface area contributed by atoms with Gasteiger partial charge in [-0.25, -0.2) is 0 Å². The van der Waals surface area contributed by atoms with Gasteiger partial charge in [-0.1, -0.05) is 65.7 Å². The van der Waals surface area contributed by atoms with Crippen LogP contribution in [-0.2, 0) is 6.42 Å². The first kappa shape index (κ1) is 23.1. The quantitative estimate of drug-likeness (QED) is 0.335. The van der Waals surface area contributed by atoms with Gasteiger partial charge in [-0.3, -0.25) is 4.79 Å². The lowest BCUT2D eigenvalue weighted by Gasteiger charge is -2.43. The van der Waals surface area contributed by atoms with Crippen LogP contribution in [0.1, 0.15) is 35.4 Å². The Balaban J connectivity index is 1.59. The molecular weight excluding hydrogens is 467 g/mol. The van der Waals surface area contributed by atoms with Crippen molar-refractivity contribution in [1.82, 2.24) is 10.3 Å². The fourth-order valence-electron chi connectivity index (χ4n) is 5.24. The average Bonchev–Trinajstić information content (AvgIpc) is 2.82. The minimum Gasteiger partial charge on any atom is -0.389 e. The molecule has 0 aliphatic carbocycles. The molecule has 3 N–H and O–H groups in total. The largest absolute Gasteiger partial charge is 0.389 e. The summed E-state index contributed by atoms with van der Waals surface area (Å²) in [6.07, 6.45) is 1.85. The molecule has 1 fully saturated rings. The van der Waals surface area contributed by atoms with Crippen molar-refractivity contribution >= 4 is 34.1 Å². The summed E-state index contributed by atoms with van der Waals surface area (Å²) in [6, 6.07) is 25.0. The van der Waals surface area contributed by atoms with E-state index in [1.54, 1.807) is 12.1 Å². The highest BCUT2D eigenvalue weighted by Gasteiger charge is 2.43. The summed E-state index contributed by atoms with van der Waals surface area (Å²) in [4.78, 5) is 16.3. The van der Waals surface area contributed by atoms with Gasteiger partial charge < -0.3 is 15.4 Å². The van der Waals surface area contributed by atoms with Gasteiger partial charge in [-0.2, -0.15) is 0 Å². The Morgan fingerprint density at radius 3 is 2.47 bits per heavy atom. The van der Waals surface area contributed by atoms with E-state index >= 15 is 0 Å². The number of H-pyrrole nitrogens is 1. The van der Waals surface area contributed by atoms with E-state index in [0.29, 0.717) is 40.5 Å². The maximum absolute atomic E-state index is 13.3. The number of hydrogen-bond acceptors (Lipinski definition) is 3. The second kappa shape index (κ2) is 9.55. The third-order valence-corrected chi connectivity index (χ3v) is 7.29. The van der Waals surface area contributed by atoms with Gasteiger partial charge >= 0.3 is 0 Å². The lowest BCUT2D eigenvalue weighted by atomic mass is 9.70. The number of aliphatic hydroxyl groups is 1. The SMILES string of the molecule is O=c1[nH]c2ccc(Cl)cc2cc1C(c1ccc(Cl)cc1)C1(O)CCNC(Cc2ccccc2)C1. The van der Waals surface area contributed by atoms with Gasteiger partial charge in [-0.15, -0.1) is 0 Å². The number of pyridine rings is 1. The summed E-state index contributed by atoms with van der Waals surface area (Å²) in [5, 5.41) is 17.8. The number of nitrogens with one attached hydrogen (secondary N) is 2. The van der Waals surface area contributed by atoms with Gasteiger partial charge in [0.2, 0.25) is 0 Å². The summed E-state index contributed by atoms with van der Waals surface area (Å²) >= 11 is 12.4. The highest BCUT2D eigenvalue weighted by molar-refractivity contribution is 6.31. The van der Waals surface area contributed by atoms with Crippen LogP contribution in [0, 0.1) is 0 Å². The molecule has 4 aromatic rings. The number of rotatable bonds is 5. The molecule has 0 saturated carbocycles. The number of benzene rings is 3. The monoisotopic (exact) mass is 492 g/mol. The van der Waals surface area contributed by atoms with Crippen molar-refractivity contribution in [3.05, 3.63) is 116 Å². The predicted molar refractivity (Wildman–Crippen MR) is 139 cm³/mol. The number of hydrogen-bond donors (Lipinski definition) is 3. The molecule has 4 nitrogen and oxygen atoms in total. The van der Waals surface area contributed by atoms with E-state index < -0.39 is 11.5 Å². The van der Waals surface area contributed by atoms with Crippen LogP contribution in [0.25, 0.3) is 10.9 Å². The molecule has 174 valence electrons. The molecule has 3 unspecified atom stereocenters. The zero-order chi connectivity index (χ0) is 23.7. The Hall–Kier alpha value is -2.63. The molecule has 2 heterocycles. The number of aromatic amines is 1. The van der Waals surface area contributed by atoms with Crippen LogP contribution >= 0.6 is 23.2 Å². The van der Waals surface area contributed by atoms with E-state index in [2.05, 4.69) is 22.4 Å². The molecule has 34 heavy (non-hydrogen) atoms. The van der Waals surface area contributed by atoms with Gasteiger partial charge in [0.15, 0.2) is 0 Å². The zero-order valence-corrected chi connectivity index (χ0v) is 20.1. The van der Waals surface area contributed by atoms with Gasteiger partial charge in [0, 0.05) is 33.1 Å². The summed E-state index contributed by atoms with van der Waals surface area (Å²) in [7, 11) is 0. The van der Waals surface area contributed by atoms with E-state index in [1.165, 1.54) is 5.56 Å². The van der Waals surface area contributed by atoms with E-state index in [-0.39, 0.29) is 11.6 Å². The standard InChI is InChI=1S/C28H26Cl2N2O2/c29-21-8-6-19(7-9-21)26(24-16-20-15-22(30)10-11-25(20)32-27(24)33)28(34)12-13-31-23(17-28)14-18-4-2-1-3-5-18/h1-11,15-16,23,26,31,34H,12-14,17H2,(H,32,33). The van der Waals surface area contributed by atoms with Crippen LogP contribution in [0.5, 0.6) is 0 Å². The summed E-state index contributed by atoms with van der Waals surface area (Å²) < 4.78 is 0. The van der Waals surface area contributed by atoms with E-state index in [0.717, 1.165) is 17.4 Å². The third-order valence-electron chi connectivity index (χ3n) is 6.80. The molecular formula is C28H26Cl2N2O2. The maximum atomic E-state index is 13.3. The predicted octanol–water partition coefficient (Wildman–Crippen LogP) is 5.69. The lowest BCUT2D eigenvalue weighted by Crippen LogP contribution is -2.52. The first-order valence-electron chi connectivity index (χ1n) is 11.5. The number of fused-ring (bicyclic) bond motifs is 1. The van der Waals surface area contributed by atoms with Crippen molar-refractivity contribution in [2.45, 2.75) is 36.8 Å². The smallest absolute Gasteiger partial charge is 0.252 e. The molecule has 0 bridgehead atoms. The van der Waals surface area contributed by atoms with Crippen molar-refractivity contribution in [3.8, 4) is 0 Å². The molecule has 1 aliphatic rings. The molecule has 5 rings (SSSR count). The highest BCUT2D eigenvalue weighted by Crippen LogP contribution is 2.41. The van der Waals surface area contributed by atoms with E-state index in [4.69, 9.17) is 23.2 Å². The van der Waals surface area contributed by atoms with Crippen LogP contribution in [-0.4, -0.2) is 28.3 Å². The topological polar surface area (TPSA) is 65.1 Å². The zero-order valence-electron chi connectivity index (χ0n) is 18.6. The van der Waals surface area contributed by atoms with Gasteiger partial charge in [0.1, 0.15) is 0 Å². The average molecular weight is 493 g/mol. The fraction of sp³-hybridized carbons (Fsp3) is 0.250. The van der Waals surface area contributed by atoms with E-state index in [9.17, 15) is 9.90 Å². The van der Waals surface area contributed by atoms with Gasteiger partial charge in [0.05, 0.1) is 5.60 Å². The van der Waals surface area contributed by atoms with Crippen molar-refractivity contribution in [2.24, 2.45) is 0 Å². The van der Waals surface area contributed by atoms with Crippen LogP contribution in [0.2, 0.25) is 10.0 Å². The number of piperidine rings is 1. The van der Waals surface area contributed by atoms with Crippen LogP contribution in [0.4, 0.5) is 0 Å². The molecule has 0 amide bonds. The van der Waals surface area contributed by atoms with Crippen molar-refractivity contribution < 1.29 is 5.11 Å².